The van der Waals surface area contributed by atoms with E-state index >= 15 is 0 Å². The molecule has 1 N–H and O–H groups in total. The molecule has 29 heavy (non-hydrogen) atoms. The van der Waals surface area contributed by atoms with Crippen LogP contribution in [0.4, 0.5) is 10.1 Å². The molecule has 144 valence electrons. The Balaban J connectivity index is 1.93. The molecule has 4 nitrogen and oxygen atoms in total. The van der Waals surface area contributed by atoms with Crippen LogP contribution in [0.15, 0.2) is 84.4 Å². The van der Waals surface area contributed by atoms with E-state index < -0.39 is 23.5 Å². The molecule has 1 aliphatic rings. The van der Waals surface area contributed by atoms with Gasteiger partial charge in [-0.1, -0.05) is 41.9 Å². The van der Waals surface area contributed by atoms with Crippen molar-refractivity contribution in [1.29, 1.82) is 0 Å². The number of benzene rings is 3. The van der Waals surface area contributed by atoms with E-state index in [4.69, 9.17) is 11.6 Å². The normalized spacial score (nSPS) is 18.3. The second-order valence-electron chi connectivity index (χ2n) is 6.56. The maximum absolute atomic E-state index is 13.4. The Morgan fingerprint density at radius 1 is 0.897 bits per heavy atom. The molecule has 1 aliphatic heterocycles. The third-order valence-corrected chi connectivity index (χ3v) is 5.03. The second-order valence-corrected chi connectivity index (χ2v) is 7.00. The number of halogens is 2. The smallest absolute Gasteiger partial charge is 0.300 e. The molecule has 0 unspecified atom stereocenters. The summed E-state index contributed by atoms with van der Waals surface area (Å²) in [5.41, 5.74) is 1.34. The van der Waals surface area contributed by atoms with E-state index in [0.29, 0.717) is 21.8 Å². The van der Waals surface area contributed by atoms with Crippen molar-refractivity contribution in [3.8, 4) is 0 Å². The van der Waals surface area contributed by atoms with Crippen LogP contribution in [0.5, 0.6) is 0 Å². The van der Waals surface area contributed by atoms with Gasteiger partial charge in [-0.15, -0.1) is 0 Å². The zero-order valence-corrected chi connectivity index (χ0v) is 15.8. The van der Waals surface area contributed by atoms with Crippen molar-refractivity contribution in [2.45, 2.75) is 6.04 Å². The summed E-state index contributed by atoms with van der Waals surface area (Å²) in [6, 6.07) is 19.7. The van der Waals surface area contributed by atoms with Crippen LogP contribution in [0.2, 0.25) is 5.02 Å². The van der Waals surface area contributed by atoms with Gasteiger partial charge < -0.3 is 5.11 Å². The van der Waals surface area contributed by atoms with E-state index in [9.17, 15) is 19.1 Å². The van der Waals surface area contributed by atoms with Gasteiger partial charge in [0.1, 0.15) is 11.6 Å². The fraction of sp³-hybridized carbons (Fsp3) is 0.0435. The lowest BCUT2D eigenvalue weighted by atomic mass is 9.95. The molecule has 4 rings (SSSR count). The molecule has 0 radical (unpaired) electrons. The molecule has 6 heteroatoms. The average molecular weight is 408 g/mol. The van der Waals surface area contributed by atoms with Crippen molar-refractivity contribution in [3.63, 3.8) is 0 Å². The number of Topliss-reactive ketones (excluding diaryl/α,β-unsaturated/α-hetero) is 1. The Hall–Kier alpha value is -3.44. The molecule has 0 aliphatic carbocycles. The summed E-state index contributed by atoms with van der Waals surface area (Å²) in [4.78, 5) is 27.1. The minimum absolute atomic E-state index is 0.0344. The maximum atomic E-state index is 13.4. The van der Waals surface area contributed by atoms with Gasteiger partial charge in [0.2, 0.25) is 0 Å². The first-order chi connectivity index (χ1) is 14.0. The van der Waals surface area contributed by atoms with E-state index in [1.54, 1.807) is 48.5 Å². The van der Waals surface area contributed by atoms with Crippen LogP contribution in [-0.2, 0) is 9.59 Å². The quantitative estimate of drug-likeness (QED) is 0.373. The SMILES string of the molecule is O=C1C(=O)N(c2ccc(F)cc2)[C@@H](c2ccccc2)/C1=C(\O)c1ccc(Cl)cc1. The molecule has 0 aromatic heterocycles. The summed E-state index contributed by atoms with van der Waals surface area (Å²) in [5.74, 6) is -2.35. The second kappa shape index (κ2) is 7.53. The summed E-state index contributed by atoms with van der Waals surface area (Å²) < 4.78 is 13.4. The molecule has 1 heterocycles. The Bertz CT molecular complexity index is 1110. The highest BCUT2D eigenvalue weighted by Gasteiger charge is 2.46. The number of hydrogen-bond donors (Lipinski definition) is 1. The van der Waals surface area contributed by atoms with Gasteiger partial charge in [-0.3, -0.25) is 14.5 Å². The van der Waals surface area contributed by atoms with E-state index in [-0.39, 0.29) is 11.3 Å². The summed E-state index contributed by atoms with van der Waals surface area (Å²) in [6.45, 7) is 0. The molecule has 3 aromatic rings. The lowest BCUT2D eigenvalue weighted by Crippen LogP contribution is -2.29. The number of hydrogen-bond acceptors (Lipinski definition) is 3. The Morgan fingerprint density at radius 2 is 1.52 bits per heavy atom. The number of ketones is 1. The van der Waals surface area contributed by atoms with Gasteiger partial charge in [0, 0.05) is 16.3 Å². The standard InChI is InChI=1S/C23H15ClFNO3/c24-16-8-6-15(7-9-16)21(27)19-20(14-4-2-1-3-5-14)26(23(29)22(19)28)18-12-10-17(25)11-13-18/h1-13,20,27H/b21-19+/t20-/m0/s1. The predicted molar refractivity (Wildman–Crippen MR) is 109 cm³/mol. The van der Waals surface area contributed by atoms with Crippen LogP contribution in [-0.4, -0.2) is 16.8 Å². The number of carbonyl (C=O) groups excluding carboxylic acids is 2. The number of aliphatic hydroxyl groups is 1. The molecule has 0 saturated carbocycles. The van der Waals surface area contributed by atoms with E-state index in [1.165, 1.54) is 29.2 Å². The lowest BCUT2D eigenvalue weighted by molar-refractivity contribution is -0.132. The third-order valence-electron chi connectivity index (χ3n) is 4.78. The lowest BCUT2D eigenvalue weighted by Gasteiger charge is -2.25. The van der Waals surface area contributed by atoms with Gasteiger partial charge in [0.25, 0.3) is 11.7 Å². The summed E-state index contributed by atoms with van der Waals surface area (Å²) >= 11 is 5.91. The van der Waals surface area contributed by atoms with Gasteiger partial charge in [-0.2, -0.15) is 0 Å². The molecule has 3 aromatic carbocycles. The van der Waals surface area contributed by atoms with Gasteiger partial charge >= 0.3 is 0 Å². The summed E-state index contributed by atoms with van der Waals surface area (Å²) in [5, 5.41) is 11.4. The minimum Gasteiger partial charge on any atom is -0.507 e. The third kappa shape index (κ3) is 3.41. The van der Waals surface area contributed by atoms with E-state index in [2.05, 4.69) is 0 Å². The summed E-state index contributed by atoms with van der Waals surface area (Å²) in [7, 11) is 0. The molecule has 0 spiro atoms. The molecule has 1 amide bonds. The highest BCUT2D eigenvalue weighted by Crippen LogP contribution is 2.42. The Kier molecular flexibility index (Phi) is 4.91. The van der Waals surface area contributed by atoms with Gasteiger partial charge in [-0.05, 0) is 54.1 Å². The van der Waals surface area contributed by atoms with Crippen LogP contribution in [0.1, 0.15) is 17.2 Å². The highest BCUT2D eigenvalue weighted by molar-refractivity contribution is 6.51. The minimum atomic E-state index is -0.850. The van der Waals surface area contributed by atoms with E-state index in [0.717, 1.165) is 0 Å². The monoisotopic (exact) mass is 407 g/mol. The van der Waals surface area contributed by atoms with Crippen molar-refractivity contribution < 1.29 is 19.1 Å². The highest BCUT2D eigenvalue weighted by atomic mass is 35.5. The predicted octanol–water partition coefficient (Wildman–Crippen LogP) is 5.11. The van der Waals surface area contributed by atoms with Crippen molar-refractivity contribution in [2.24, 2.45) is 0 Å². The zero-order valence-electron chi connectivity index (χ0n) is 15.0. The first kappa shape index (κ1) is 18.9. The molecule has 1 saturated heterocycles. The van der Waals surface area contributed by atoms with Crippen molar-refractivity contribution in [3.05, 3.63) is 106 Å². The summed E-state index contributed by atoms with van der Waals surface area (Å²) in [6.07, 6.45) is 0. The fourth-order valence-electron chi connectivity index (χ4n) is 3.41. The number of rotatable bonds is 3. The van der Waals surface area contributed by atoms with Gasteiger partial charge in [-0.25, -0.2) is 4.39 Å². The Labute approximate surface area is 171 Å². The van der Waals surface area contributed by atoms with Gasteiger partial charge in [0.15, 0.2) is 0 Å². The van der Waals surface area contributed by atoms with Crippen LogP contribution in [0.25, 0.3) is 5.76 Å². The zero-order chi connectivity index (χ0) is 20.5. The van der Waals surface area contributed by atoms with Crippen LogP contribution >= 0.6 is 11.6 Å². The van der Waals surface area contributed by atoms with E-state index in [1.807, 2.05) is 6.07 Å². The molecule has 1 fully saturated rings. The van der Waals surface area contributed by atoms with Gasteiger partial charge in [0.05, 0.1) is 11.6 Å². The first-order valence-electron chi connectivity index (χ1n) is 8.85. The number of aliphatic hydroxyl groups excluding tert-OH is 1. The number of nitrogens with zero attached hydrogens (tertiary/aromatic N) is 1. The fourth-order valence-corrected chi connectivity index (χ4v) is 3.54. The Morgan fingerprint density at radius 3 is 2.14 bits per heavy atom. The number of carbonyl (C=O) groups is 2. The largest absolute Gasteiger partial charge is 0.507 e. The van der Waals surface area contributed by atoms with Crippen LogP contribution in [0.3, 0.4) is 0 Å². The number of amides is 1. The van der Waals surface area contributed by atoms with Crippen molar-refractivity contribution in [1.82, 2.24) is 0 Å². The molecule has 1 atom stereocenters. The first-order valence-corrected chi connectivity index (χ1v) is 9.22. The number of anilines is 1. The van der Waals surface area contributed by atoms with Crippen LogP contribution in [0, 0.1) is 5.82 Å². The molecular weight excluding hydrogens is 393 g/mol. The van der Waals surface area contributed by atoms with Crippen molar-refractivity contribution in [2.75, 3.05) is 4.90 Å². The molecule has 0 bridgehead atoms. The van der Waals surface area contributed by atoms with Crippen molar-refractivity contribution >= 4 is 34.7 Å². The average Bonchev–Trinajstić information content (AvgIpc) is 3.00. The maximum Gasteiger partial charge on any atom is 0.300 e. The molecular formula is C23H15ClFNO3. The van der Waals surface area contributed by atoms with Crippen LogP contribution < -0.4 is 4.90 Å². The topological polar surface area (TPSA) is 57.6 Å².